The van der Waals surface area contributed by atoms with Crippen molar-refractivity contribution in [3.63, 3.8) is 0 Å². The minimum Gasteiger partial charge on any atom is -0.351 e. The summed E-state index contributed by atoms with van der Waals surface area (Å²) < 4.78 is 27.1. The molecule has 1 unspecified atom stereocenters. The van der Waals surface area contributed by atoms with Gasteiger partial charge in [0.05, 0.1) is 11.9 Å². The number of benzene rings is 1. The van der Waals surface area contributed by atoms with E-state index < -0.39 is 10.0 Å². The third-order valence-electron chi connectivity index (χ3n) is 4.57. The van der Waals surface area contributed by atoms with Gasteiger partial charge in [-0.25, -0.2) is 8.42 Å². The number of quaternary nitrogens is 1. The lowest BCUT2D eigenvalue weighted by molar-refractivity contribution is -0.862. The van der Waals surface area contributed by atoms with Gasteiger partial charge in [0.1, 0.15) is 0 Å². The van der Waals surface area contributed by atoms with Gasteiger partial charge in [0, 0.05) is 25.3 Å². The Balaban J connectivity index is 1.94. The molecular formula is C19H31N4O4S+. The molecule has 8 nitrogen and oxygen atoms in total. The molecule has 0 radical (unpaired) electrons. The summed E-state index contributed by atoms with van der Waals surface area (Å²) in [6.07, 6.45) is 3.66. The van der Waals surface area contributed by atoms with Crippen LogP contribution in [0.2, 0.25) is 0 Å². The predicted molar refractivity (Wildman–Crippen MR) is 108 cm³/mol. The highest BCUT2D eigenvalue weighted by atomic mass is 32.2. The molecule has 0 aromatic heterocycles. The second kappa shape index (κ2) is 10.5. The van der Waals surface area contributed by atoms with E-state index in [9.17, 15) is 18.0 Å². The third-order valence-corrected chi connectivity index (χ3v) is 6.46. The van der Waals surface area contributed by atoms with Gasteiger partial charge in [0.15, 0.2) is 13.1 Å². The van der Waals surface area contributed by atoms with Gasteiger partial charge < -0.3 is 15.5 Å². The van der Waals surface area contributed by atoms with Crippen molar-refractivity contribution in [1.29, 1.82) is 0 Å². The Morgan fingerprint density at radius 1 is 1.11 bits per heavy atom. The molecule has 1 aliphatic heterocycles. The lowest BCUT2D eigenvalue weighted by Gasteiger charge is -2.26. The minimum absolute atomic E-state index is 0.0956. The summed E-state index contributed by atoms with van der Waals surface area (Å²) in [5, 5.41) is 5.51. The van der Waals surface area contributed by atoms with Crippen LogP contribution in [0.1, 0.15) is 32.6 Å². The van der Waals surface area contributed by atoms with Crippen molar-refractivity contribution in [3.8, 4) is 0 Å². The average Bonchev–Trinajstić information content (AvgIpc) is 2.67. The maximum absolute atomic E-state index is 12.8. The third kappa shape index (κ3) is 6.57. The number of carbonyl (C=O) groups excluding carboxylic acids is 2. The van der Waals surface area contributed by atoms with E-state index in [1.807, 2.05) is 6.92 Å². The number of likely N-dealkylation sites (N-methyl/N-ethyl adjacent to an activating group) is 1. The minimum atomic E-state index is -3.54. The van der Waals surface area contributed by atoms with Crippen molar-refractivity contribution in [1.82, 2.24) is 9.62 Å². The predicted octanol–water partition coefficient (Wildman–Crippen LogP) is -0.159. The maximum Gasteiger partial charge on any atom is 0.279 e. The fourth-order valence-electron chi connectivity index (χ4n) is 3.13. The van der Waals surface area contributed by atoms with Crippen molar-refractivity contribution in [3.05, 3.63) is 24.3 Å². The molecular weight excluding hydrogens is 380 g/mol. The molecule has 1 atom stereocenters. The molecule has 0 bridgehead atoms. The van der Waals surface area contributed by atoms with E-state index in [0.29, 0.717) is 25.3 Å². The first-order valence-corrected chi connectivity index (χ1v) is 11.2. The fraction of sp³-hybridized carbons (Fsp3) is 0.579. The van der Waals surface area contributed by atoms with Crippen LogP contribution in [-0.4, -0.2) is 64.3 Å². The Kier molecular flexibility index (Phi) is 8.40. The fourth-order valence-corrected chi connectivity index (χ4v) is 4.69. The van der Waals surface area contributed by atoms with Crippen molar-refractivity contribution in [2.45, 2.75) is 37.5 Å². The van der Waals surface area contributed by atoms with Crippen molar-refractivity contribution in [2.75, 3.05) is 45.1 Å². The zero-order valence-corrected chi connectivity index (χ0v) is 17.5. The number of rotatable bonds is 9. The van der Waals surface area contributed by atoms with Gasteiger partial charge in [0.2, 0.25) is 10.0 Å². The molecule has 9 heteroatoms. The summed E-state index contributed by atoms with van der Waals surface area (Å²) in [5.74, 6) is -0.366. The zero-order chi connectivity index (χ0) is 20.6. The maximum atomic E-state index is 12.8. The number of nitrogens with one attached hydrogen (secondary N) is 3. The summed E-state index contributed by atoms with van der Waals surface area (Å²) in [5.41, 5.74) is 0.436. The second-order valence-corrected chi connectivity index (χ2v) is 9.14. The lowest BCUT2D eigenvalue weighted by atomic mass is 10.2. The van der Waals surface area contributed by atoms with Crippen LogP contribution in [0, 0.1) is 0 Å². The molecule has 0 aliphatic carbocycles. The molecule has 3 N–H and O–H groups in total. The van der Waals surface area contributed by atoms with Crippen molar-refractivity contribution < 1.29 is 22.9 Å². The summed E-state index contributed by atoms with van der Waals surface area (Å²) in [6.45, 7) is 3.99. The van der Waals surface area contributed by atoms with E-state index in [1.165, 1.54) is 10.4 Å². The van der Waals surface area contributed by atoms with Gasteiger partial charge in [-0.2, -0.15) is 4.31 Å². The normalized spacial score (nSPS) is 16.4. The summed E-state index contributed by atoms with van der Waals surface area (Å²) >= 11 is 0. The largest absolute Gasteiger partial charge is 0.351 e. The van der Waals surface area contributed by atoms with Gasteiger partial charge in [-0.15, -0.1) is 0 Å². The Morgan fingerprint density at radius 2 is 1.79 bits per heavy atom. The highest BCUT2D eigenvalue weighted by Crippen LogP contribution is 2.22. The number of piperidine rings is 1. The van der Waals surface area contributed by atoms with Crippen molar-refractivity contribution >= 4 is 27.5 Å². The van der Waals surface area contributed by atoms with Gasteiger partial charge in [0.25, 0.3) is 11.8 Å². The lowest BCUT2D eigenvalue weighted by Crippen LogP contribution is -3.11. The number of sulfonamides is 1. The quantitative estimate of drug-likeness (QED) is 0.526. The van der Waals surface area contributed by atoms with E-state index in [0.717, 1.165) is 30.6 Å². The number of hydrogen-bond acceptors (Lipinski definition) is 4. The molecule has 1 aromatic carbocycles. The van der Waals surface area contributed by atoms with Gasteiger partial charge >= 0.3 is 0 Å². The molecule has 1 heterocycles. The highest BCUT2D eigenvalue weighted by Gasteiger charge is 2.26. The SMILES string of the molecule is CCCNC(=O)C[NH+](C)CC(=O)Nc1cccc(S(=O)(=O)N2CCCCC2)c1. The number of carbonyl (C=O) groups is 2. The van der Waals surface area contributed by atoms with Crippen LogP contribution >= 0.6 is 0 Å². The van der Waals surface area contributed by atoms with E-state index in [2.05, 4.69) is 10.6 Å². The van der Waals surface area contributed by atoms with Crippen LogP contribution in [0.25, 0.3) is 0 Å². The number of nitrogens with zero attached hydrogens (tertiary/aromatic N) is 1. The van der Waals surface area contributed by atoms with Crippen LogP contribution in [0.3, 0.4) is 0 Å². The smallest absolute Gasteiger partial charge is 0.279 e. The Hall–Kier alpha value is -1.97. The summed E-state index contributed by atoms with van der Waals surface area (Å²) in [7, 11) is -1.78. The molecule has 28 heavy (non-hydrogen) atoms. The van der Waals surface area contributed by atoms with E-state index >= 15 is 0 Å². The average molecular weight is 412 g/mol. The molecule has 156 valence electrons. The first kappa shape index (κ1) is 22.3. The zero-order valence-electron chi connectivity index (χ0n) is 16.7. The Labute approximate surface area is 167 Å². The Bertz CT molecular complexity index is 776. The molecule has 1 fully saturated rings. The van der Waals surface area contributed by atoms with Gasteiger partial charge in [-0.05, 0) is 37.5 Å². The molecule has 2 amide bonds. The van der Waals surface area contributed by atoms with Crippen LogP contribution in [-0.2, 0) is 19.6 Å². The first-order chi connectivity index (χ1) is 13.3. The highest BCUT2D eigenvalue weighted by molar-refractivity contribution is 7.89. The van der Waals surface area contributed by atoms with E-state index in [1.54, 1.807) is 25.2 Å². The van der Waals surface area contributed by atoms with Crippen LogP contribution in [0.5, 0.6) is 0 Å². The van der Waals surface area contributed by atoms with Crippen molar-refractivity contribution in [2.24, 2.45) is 0 Å². The van der Waals surface area contributed by atoms with Crippen LogP contribution in [0.4, 0.5) is 5.69 Å². The first-order valence-electron chi connectivity index (χ1n) is 9.81. The number of hydrogen-bond donors (Lipinski definition) is 3. The topological polar surface area (TPSA) is 100 Å². The molecule has 2 rings (SSSR count). The molecule has 1 aliphatic rings. The summed E-state index contributed by atoms with van der Waals surface area (Å²) in [4.78, 5) is 24.9. The van der Waals surface area contributed by atoms with Crippen LogP contribution < -0.4 is 15.5 Å². The summed E-state index contributed by atoms with van der Waals surface area (Å²) in [6, 6.07) is 6.33. The molecule has 0 spiro atoms. The van der Waals surface area contributed by atoms with Crippen LogP contribution in [0.15, 0.2) is 29.2 Å². The molecule has 1 saturated heterocycles. The Morgan fingerprint density at radius 3 is 2.46 bits per heavy atom. The monoisotopic (exact) mass is 411 g/mol. The van der Waals surface area contributed by atoms with E-state index in [4.69, 9.17) is 0 Å². The molecule has 0 saturated carbocycles. The standard InChI is InChI=1S/C19H30N4O4S/c1-3-10-20-18(24)14-22(2)15-19(25)21-16-8-7-9-17(13-16)28(26,27)23-11-5-4-6-12-23/h7-9,13H,3-6,10-12,14-15H2,1-2H3,(H,20,24)(H,21,25)/p+1. The molecule has 1 aromatic rings. The number of anilines is 1. The van der Waals surface area contributed by atoms with Gasteiger partial charge in [-0.3, -0.25) is 9.59 Å². The van der Waals surface area contributed by atoms with E-state index in [-0.39, 0.29) is 29.8 Å². The number of amides is 2. The van der Waals surface area contributed by atoms with Gasteiger partial charge in [-0.1, -0.05) is 19.4 Å². The second-order valence-electron chi connectivity index (χ2n) is 7.20.